The standard InChI is InChI=1S/C17H16ClF2N3O3/c18-17(19,20)26-12-4-1-10(2-5-12)15-13(24)7-8-23(15)14-6-3-11(9-22-14)16(21)25/h1-6,9,13,15,24H,7-8H2,(H2,21,25). The number of nitrogens with zero attached hydrogens (tertiary/aromatic N) is 2. The maximum atomic E-state index is 12.7. The van der Waals surface area contributed by atoms with E-state index in [1.165, 1.54) is 18.3 Å². The van der Waals surface area contributed by atoms with Gasteiger partial charge in [-0.05, 0) is 36.2 Å². The molecule has 0 saturated carbocycles. The van der Waals surface area contributed by atoms with Gasteiger partial charge >= 0.3 is 5.57 Å². The van der Waals surface area contributed by atoms with Gasteiger partial charge in [-0.15, -0.1) is 8.78 Å². The number of amides is 1. The summed E-state index contributed by atoms with van der Waals surface area (Å²) in [5, 5.41) is 10.4. The summed E-state index contributed by atoms with van der Waals surface area (Å²) in [6.07, 6.45) is 1.23. The molecule has 1 amide bonds. The van der Waals surface area contributed by atoms with Crippen molar-refractivity contribution in [1.29, 1.82) is 0 Å². The van der Waals surface area contributed by atoms with Gasteiger partial charge in [0.25, 0.3) is 0 Å². The lowest BCUT2D eigenvalue weighted by Gasteiger charge is -2.28. The third-order valence-electron chi connectivity index (χ3n) is 4.15. The third-order valence-corrected chi connectivity index (χ3v) is 4.23. The molecule has 2 unspecified atom stereocenters. The van der Waals surface area contributed by atoms with E-state index in [0.29, 0.717) is 24.3 Å². The molecule has 1 aliphatic heterocycles. The molecular weight excluding hydrogens is 368 g/mol. The van der Waals surface area contributed by atoms with Crippen LogP contribution in [0.2, 0.25) is 0 Å². The molecule has 138 valence electrons. The van der Waals surface area contributed by atoms with Gasteiger partial charge in [-0.3, -0.25) is 4.79 Å². The number of aliphatic hydroxyl groups excluding tert-OH is 1. The summed E-state index contributed by atoms with van der Waals surface area (Å²) >= 11 is 4.75. The minimum Gasteiger partial charge on any atom is -0.420 e. The van der Waals surface area contributed by atoms with Gasteiger partial charge in [0.15, 0.2) is 0 Å². The highest BCUT2D eigenvalue weighted by atomic mass is 35.5. The summed E-state index contributed by atoms with van der Waals surface area (Å²) in [5.41, 5.74) is 2.42. The van der Waals surface area contributed by atoms with Crippen molar-refractivity contribution in [2.45, 2.75) is 24.1 Å². The van der Waals surface area contributed by atoms with Crippen LogP contribution in [0.5, 0.6) is 5.75 Å². The van der Waals surface area contributed by atoms with Gasteiger partial charge in [-0.25, -0.2) is 4.98 Å². The zero-order valence-corrected chi connectivity index (χ0v) is 14.2. The van der Waals surface area contributed by atoms with E-state index in [1.807, 2.05) is 4.90 Å². The second-order valence-electron chi connectivity index (χ2n) is 5.88. The molecule has 0 bridgehead atoms. The van der Waals surface area contributed by atoms with E-state index < -0.39 is 23.6 Å². The van der Waals surface area contributed by atoms with Gasteiger partial charge in [0.2, 0.25) is 5.91 Å². The van der Waals surface area contributed by atoms with Crippen LogP contribution >= 0.6 is 11.6 Å². The Morgan fingerprint density at radius 1 is 1.31 bits per heavy atom. The van der Waals surface area contributed by atoms with Crippen molar-refractivity contribution >= 4 is 23.3 Å². The molecule has 3 rings (SSSR count). The van der Waals surface area contributed by atoms with E-state index in [9.17, 15) is 18.7 Å². The second kappa shape index (κ2) is 7.05. The SMILES string of the molecule is NC(=O)c1ccc(N2CCC(O)C2c2ccc(OC(F)(F)Cl)cc2)nc1. The van der Waals surface area contributed by atoms with Crippen molar-refractivity contribution in [3.63, 3.8) is 0 Å². The van der Waals surface area contributed by atoms with Gasteiger partial charge in [-0.1, -0.05) is 12.1 Å². The first-order valence-corrected chi connectivity index (χ1v) is 8.18. The number of benzene rings is 1. The number of ether oxygens (including phenoxy) is 1. The number of primary amides is 1. The molecule has 2 atom stereocenters. The predicted octanol–water partition coefficient (Wildman–Crippen LogP) is 2.66. The number of aliphatic hydroxyl groups is 1. The monoisotopic (exact) mass is 383 g/mol. The molecule has 1 aliphatic rings. The lowest BCUT2D eigenvalue weighted by Crippen LogP contribution is -2.28. The highest BCUT2D eigenvalue weighted by molar-refractivity contribution is 6.20. The number of pyridine rings is 1. The number of anilines is 1. The number of rotatable bonds is 5. The fourth-order valence-corrected chi connectivity index (χ4v) is 3.09. The van der Waals surface area contributed by atoms with Crippen LogP contribution in [0.25, 0.3) is 0 Å². The van der Waals surface area contributed by atoms with Crippen molar-refractivity contribution < 1.29 is 23.4 Å². The fourth-order valence-electron chi connectivity index (χ4n) is 3.00. The number of aromatic nitrogens is 1. The molecule has 0 aliphatic carbocycles. The topological polar surface area (TPSA) is 88.7 Å². The molecule has 0 radical (unpaired) electrons. The number of carbonyl (C=O) groups is 1. The van der Waals surface area contributed by atoms with Gasteiger partial charge in [0.05, 0.1) is 17.7 Å². The predicted molar refractivity (Wildman–Crippen MR) is 91.3 cm³/mol. The average molecular weight is 384 g/mol. The molecule has 1 aromatic heterocycles. The molecule has 26 heavy (non-hydrogen) atoms. The lowest BCUT2D eigenvalue weighted by atomic mass is 10.0. The molecule has 6 nitrogen and oxygen atoms in total. The highest BCUT2D eigenvalue weighted by Crippen LogP contribution is 2.36. The fraction of sp³-hybridized carbons (Fsp3) is 0.294. The molecular formula is C17H16ClF2N3O3. The summed E-state index contributed by atoms with van der Waals surface area (Å²) in [5.74, 6) is -0.0883. The Morgan fingerprint density at radius 2 is 2.00 bits per heavy atom. The average Bonchev–Trinajstić information content (AvgIpc) is 2.96. The quantitative estimate of drug-likeness (QED) is 0.775. The van der Waals surface area contributed by atoms with E-state index in [4.69, 9.17) is 17.3 Å². The molecule has 0 spiro atoms. The van der Waals surface area contributed by atoms with Crippen LogP contribution in [0.4, 0.5) is 14.6 Å². The summed E-state index contributed by atoms with van der Waals surface area (Å²) in [4.78, 5) is 17.3. The maximum Gasteiger partial charge on any atom is 0.487 e. The van der Waals surface area contributed by atoms with E-state index in [1.54, 1.807) is 24.3 Å². The van der Waals surface area contributed by atoms with Crippen LogP contribution in [0.1, 0.15) is 28.4 Å². The molecule has 1 aromatic carbocycles. The van der Waals surface area contributed by atoms with E-state index in [-0.39, 0.29) is 11.3 Å². The third kappa shape index (κ3) is 4.03. The van der Waals surface area contributed by atoms with Crippen LogP contribution < -0.4 is 15.4 Å². The van der Waals surface area contributed by atoms with E-state index in [2.05, 4.69) is 9.72 Å². The zero-order valence-electron chi connectivity index (χ0n) is 13.5. The maximum absolute atomic E-state index is 12.7. The molecule has 3 N–H and O–H groups in total. The van der Waals surface area contributed by atoms with Crippen molar-refractivity contribution in [1.82, 2.24) is 4.98 Å². The first-order valence-electron chi connectivity index (χ1n) is 7.81. The minimum atomic E-state index is -3.79. The lowest BCUT2D eigenvalue weighted by molar-refractivity contribution is -0.0964. The largest absolute Gasteiger partial charge is 0.487 e. The molecule has 9 heteroatoms. The van der Waals surface area contributed by atoms with Crippen molar-refractivity contribution in [3.05, 3.63) is 53.7 Å². The Bertz CT molecular complexity index is 781. The number of hydrogen-bond donors (Lipinski definition) is 2. The Hall–Kier alpha value is -2.45. The summed E-state index contributed by atoms with van der Waals surface area (Å²) in [6, 6.07) is 8.69. The smallest absolute Gasteiger partial charge is 0.420 e. The summed E-state index contributed by atoms with van der Waals surface area (Å²) in [6.45, 7) is 0.548. The van der Waals surface area contributed by atoms with Gasteiger partial charge in [0.1, 0.15) is 11.6 Å². The minimum absolute atomic E-state index is 0.0864. The van der Waals surface area contributed by atoms with Crippen molar-refractivity contribution in [3.8, 4) is 5.75 Å². The highest BCUT2D eigenvalue weighted by Gasteiger charge is 2.35. The molecule has 1 saturated heterocycles. The Labute approximate surface area is 153 Å². The normalized spacial score (nSPS) is 20.2. The van der Waals surface area contributed by atoms with Crippen molar-refractivity contribution in [2.24, 2.45) is 5.73 Å². The van der Waals surface area contributed by atoms with Gasteiger partial charge in [0, 0.05) is 24.3 Å². The van der Waals surface area contributed by atoms with Crippen LogP contribution in [0.3, 0.4) is 0 Å². The zero-order chi connectivity index (χ0) is 18.9. The summed E-state index contributed by atoms with van der Waals surface area (Å²) < 4.78 is 29.7. The Morgan fingerprint density at radius 3 is 2.54 bits per heavy atom. The van der Waals surface area contributed by atoms with Gasteiger partial charge < -0.3 is 20.5 Å². The van der Waals surface area contributed by atoms with Crippen molar-refractivity contribution in [2.75, 3.05) is 11.4 Å². The molecule has 2 aromatic rings. The van der Waals surface area contributed by atoms with E-state index >= 15 is 0 Å². The van der Waals surface area contributed by atoms with Crippen LogP contribution in [-0.4, -0.2) is 34.2 Å². The Kier molecular flexibility index (Phi) is 4.97. The van der Waals surface area contributed by atoms with Crippen LogP contribution in [0.15, 0.2) is 42.6 Å². The first-order chi connectivity index (χ1) is 12.2. The number of carbonyl (C=O) groups excluding carboxylic acids is 1. The van der Waals surface area contributed by atoms with Crippen LogP contribution in [0, 0.1) is 0 Å². The molecule has 2 heterocycles. The van der Waals surface area contributed by atoms with E-state index in [0.717, 1.165) is 0 Å². The molecule has 1 fully saturated rings. The Balaban J connectivity index is 1.83. The number of hydrogen-bond acceptors (Lipinski definition) is 5. The number of alkyl halides is 3. The van der Waals surface area contributed by atoms with Gasteiger partial charge in [-0.2, -0.15) is 0 Å². The van der Waals surface area contributed by atoms with Crippen LogP contribution in [-0.2, 0) is 0 Å². The summed E-state index contributed by atoms with van der Waals surface area (Å²) in [7, 11) is 0. The number of nitrogens with two attached hydrogens (primary N) is 1. The number of halogens is 3. The second-order valence-corrected chi connectivity index (χ2v) is 6.32. The first kappa shape index (κ1) is 18.3.